The molecule has 33 heavy (non-hydrogen) atoms. The molecule has 0 aliphatic carbocycles. The van der Waals surface area contributed by atoms with Crippen LogP contribution in [0.5, 0.6) is 0 Å². The number of fused-ring (bicyclic) bond motifs is 4. The second-order valence-electron chi connectivity index (χ2n) is 7.24. The number of aryl methyl sites for hydroxylation is 1. The van der Waals surface area contributed by atoms with E-state index in [1.807, 2.05) is 31.2 Å². The van der Waals surface area contributed by atoms with E-state index in [0.717, 1.165) is 27.5 Å². The lowest BCUT2D eigenvalue weighted by atomic mass is 10.1. The summed E-state index contributed by atoms with van der Waals surface area (Å²) in [4.78, 5) is 33.2. The van der Waals surface area contributed by atoms with E-state index in [2.05, 4.69) is 15.4 Å². The Labute approximate surface area is 191 Å². The molecule has 9 nitrogen and oxygen atoms in total. The number of benzene rings is 2. The van der Waals surface area contributed by atoms with Crippen molar-refractivity contribution >= 4 is 51.1 Å². The smallest absolute Gasteiger partial charge is 0.411 e. The molecule has 2 aromatic carbocycles. The third-order valence-electron chi connectivity index (χ3n) is 4.96. The number of thioether (sulfide) groups is 1. The number of ether oxygens (including phenoxy) is 1. The minimum atomic E-state index is -0.569. The van der Waals surface area contributed by atoms with E-state index in [9.17, 15) is 9.59 Å². The lowest BCUT2D eigenvalue weighted by molar-refractivity contribution is 0.168. The van der Waals surface area contributed by atoms with E-state index in [-0.39, 0.29) is 6.61 Å². The van der Waals surface area contributed by atoms with Crippen molar-refractivity contribution in [3.63, 3.8) is 0 Å². The van der Waals surface area contributed by atoms with Crippen LogP contribution in [0.25, 0.3) is 27.5 Å². The molecule has 0 fully saturated rings. The summed E-state index contributed by atoms with van der Waals surface area (Å²) in [6.45, 7) is 3.83. The van der Waals surface area contributed by atoms with Crippen molar-refractivity contribution in [1.29, 1.82) is 0 Å². The Morgan fingerprint density at radius 2 is 2.00 bits per heavy atom. The maximum atomic E-state index is 12.2. The Balaban J connectivity index is 1.50. The highest BCUT2D eigenvalue weighted by Gasteiger charge is 2.14. The largest absolute Gasteiger partial charge is 0.450 e. The third-order valence-corrected chi connectivity index (χ3v) is 5.94. The van der Waals surface area contributed by atoms with E-state index < -0.39 is 11.7 Å². The minimum Gasteiger partial charge on any atom is -0.450 e. The number of carbonyl (C=O) groups is 1. The third kappa shape index (κ3) is 4.12. The van der Waals surface area contributed by atoms with Gasteiger partial charge in [-0.3, -0.25) is 5.32 Å². The van der Waals surface area contributed by atoms with Crippen molar-refractivity contribution < 1.29 is 13.9 Å². The molecule has 0 aliphatic heterocycles. The molecule has 3 heterocycles. The summed E-state index contributed by atoms with van der Waals surface area (Å²) in [7, 11) is 0. The fourth-order valence-corrected chi connectivity index (χ4v) is 4.52. The van der Waals surface area contributed by atoms with Gasteiger partial charge in [0.2, 0.25) is 0 Å². The van der Waals surface area contributed by atoms with Gasteiger partial charge in [0.1, 0.15) is 11.4 Å². The van der Waals surface area contributed by atoms with Crippen LogP contribution in [0, 0.1) is 6.92 Å². The molecule has 0 atom stereocenters. The molecule has 0 aliphatic rings. The van der Waals surface area contributed by atoms with Gasteiger partial charge in [-0.25, -0.2) is 19.6 Å². The van der Waals surface area contributed by atoms with Gasteiger partial charge >= 0.3 is 11.7 Å². The summed E-state index contributed by atoms with van der Waals surface area (Å²) in [5, 5.41) is 9.48. The Kier molecular flexibility index (Phi) is 5.43. The lowest BCUT2D eigenvalue weighted by Crippen LogP contribution is -2.13. The summed E-state index contributed by atoms with van der Waals surface area (Å²) in [5.74, 6) is 1.12. The first kappa shape index (κ1) is 21.0. The Morgan fingerprint density at radius 3 is 2.85 bits per heavy atom. The van der Waals surface area contributed by atoms with Crippen LogP contribution in [0.3, 0.4) is 0 Å². The van der Waals surface area contributed by atoms with E-state index in [1.165, 1.54) is 17.8 Å². The van der Waals surface area contributed by atoms with Gasteiger partial charge in [0, 0.05) is 34.3 Å². The summed E-state index contributed by atoms with van der Waals surface area (Å²) < 4.78 is 12.0. The molecule has 5 aromatic rings. The maximum Gasteiger partial charge on any atom is 0.411 e. The number of nitrogens with one attached hydrogen (secondary N) is 1. The van der Waals surface area contributed by atoms with Gasteiger partial charge in [0.25, 0.3) is 0 Å². The molecule has 10 heteroatoms. The second kappa shape index (κ2) is 8.55. The number of rotatable bonds is 5. The molecule has 1 N–H and O–H groups in total. The highest BCUT2D eigenvalue weighted by Crippen LogP contribution is 2.29. The number of aromatic nitrogens is 4. The Hall–Kier alpha value is -3.92. The first-order valence-corrected chi connectivity index (χ1v) is 11.3. The van der Waals surface area contributed by atoms with Crippen molar-refractivity contribution in [3.8, 4) is 0 Å². The summed E-state index contributed by atoms with van der Waals surface area (Å²) in [6.07, 6.45) is -0.569. The highest BCUT2D eigenvalue weighted by molar-refractivity contribution is 7.98. The zero-order chi connectivity index (χ0) is 22.9. The van der Waals surface area contributed by atoms with Gasteiger partial charge in [-0.05, 0) is 43.7 Å². The molecule has 166 valence electrons. The Morgan fingerprint density at radius 1 is 1.15 bits per heavy atom. The average molecular weight is 462 g/mol. The zero-order valence-electron chi connectivity index (χ0n) is 17.9. The minimum absolute atomic E-state index is 0.261. The number of nitrogens with zero attached hydrogens (tertiary/aromatic N) is 4. The second-order valence-corrected chi connectivity index (χ2v) is 8.18. The van der Waals surface area contributed by atoms with E-state index in [1.54, 1.807) is 29.6 Å². The quantitative estimate of drug-likeness (QED) is 0.230. The highest BCUT2D eigenvalue weighted by atomic mass is 32.2. The number of carbonyl (C=O) groups excluding carboxylic acids is 1. The number of para-hydroxylation sites is 1. The number of amides is 1. The van der Waals surface area contributed by atoms with Crippen molar-refractivity contribution in [3.05, 3.63) is 70.3 Å². The topological polar surface area (TPSA) is 112 Å². The molecular formula is C23H19N5O4S. The number of hydrogen-bond donors (Lipinski definition) is 1. The van der Waals surface area contributed by atoms with Gasteiger partial charge in [-0.15, -0.1) is 5.10 Å². The molecule has 0 saturated heterocycles. The van der Waals surface area contributed by atoms with Crippen LogP contribution in [0.2, 0.25) is 0 Å². The van der Waals surface area contributed by atoms with E-state index in [0.29, 0.717) is 28.0 Å². The molecule has 0 spiro atoms. The van der Waals surface area contributed by atoms with Crippen LogP contribution in [0.15, 0.2) is 62.9 Å². The summed E-state index contributed by atoms with van der Waals surface area (Å²) in [6, 6.07) is 14.4. The van der Waals surface area contributed by atoms with E-state index >= 15 is 0 Å². The van der Waals surface area contributed by atoms with Gasteiger partial charge in [-0.1, -0.05) is 23.9 Å². The Bertz CT molecular complexity index is 1580. The monoisotopic (exact) mass is 461 g/mol. The van der Waals surface area contributed by atoms with Crippen molar-refractivity contribution in [1.82, 2.24) is 19.6 Å². The predicted octanol–water partition coefficient (Wildman–Crippen LogP) is 4.55. The van der Waals surface area contributed by atoms with Gasteiger partial charge in [-0.2, -0.15) is 4.52 Å². The molecule has 0 radical (unpaired) electrons. The van der Waals surface area contributed by atoms with Crippen molar-refractivity contribution in [2.75, 3.05) is 11.9 Å². The van der Waals surface area contributed by atoms with E-state index in [4.69, 9.17) is 14.1 Å². The summed E-state index contributed by atoms with van der Waals surface area (Å²) in [5.41, 5.74) is 2.73. The van der Waals surface area contributed by atoms with Gasteiger partial charge in [0.05, 0.1) is 12.1 Å². The van der Waals surface area contributed by atoms with Crippen LogP contribution in [0.4, 0.5) is 10.5 Å². The summed E-state index contributed by atoms with van der Waals surface area (Å²) >= 11 is 1.46. The first-order valence-electron chi connectivity index (χ1n) is 10.3. The molecular weight excluding hydrogens is 442 g/mol. The average Bonchev–Trinajstić information content (AvgIpc) is 3.19. The number of anilines is 1. The molecule has 5 rings (SSSR count). The van der Waals surface area contributed by atoms with Gasteiger partial charge < -0.3 is 9.15 Å². The molecule has 0 saturated carbocycles. The van der Waals surface area contributed by atoms with Crippen molar-refractivity contribution in [2.45, 2.75) is 24.8 Å². The molecule has 1 amide bonds. The zero-order valence-corrected chi connectivity index (χ0v) is 18.7. The van der Waals surface area contributed by atoms with Crippen LogP contribution in [-0.4, -0.2) is 32.3 Å². The molecule has 0 bridgehead atoms. The molecule has 0 unspecified atom stereocenters. The van der Waals surface area contributed by atoms with Crippen LogP contribution >= 0.6 is 11.8 Å². The molecule has 3 aromatic heterocycles. The maximum absolute atomic E-state index is 12.2. The SMILES string of the molecule is CCOC(=O)Nc1ccc2c(CSc3nc4ccccc4c4nc(C)nn34)cc(=O)oc2c1. The van der Waals surface area contributed by atoms with Gasteiger partial charge in [0.15, 0.2) is 10.8 Å². The first-order chi connectivity index (χ1) is 16.0. The number of hydrogen-bond acceptors (Lipinski definition) is 8. The van der Waals surface area contributed by atoms with Crippen LogP contribution in [0.1, 0.15) is 18.3 Å². The predicted molar refractivity (Wildman–Crippen MR) is 126 cm³/mol. The standard InChI is InChI=1S/C23H19N5O4S/c1-3-31-23(30)25-15-8-9-16-14(10-20(29)32-19(16)11-15)12-33-22-26-18-7-5-4-6-17(18)21-24-13(2)27-28(21)22/h4-11H,3,12H2,1-2H3,(H,25,30). The normalized spacial score (nSPS) is 11.3. The fraction of sp³-hybridized carbons (Fsp3) is 0.174. The van der Waals surface area contributed by atoms with Crippen molar-refractivity contribution in [2.24, 2.45) is 0 Å². The lowest BCUT2D eigenvalue weighted by Gasteiger charge is -2.09. The van der Waals surface area contributed by atoms with Crippen LogP contribution in [-0.2, 0) is 10.5 Å². The fourth-order valence-electron chi connectivity index (χ4n) is 3.58. The van der Waals surface area contributed by atoms with Crippen LogP contribution < -0.4 is 10.9 Å².